The third-order valence-corrected chi connectivity index (χ3v) is 1.49. The van der Waals surface area contributed by atoms with Gasteiger partial charge in [0.15, 0.2) is 0 Å². The predicted molar refractivity (Wildman–Crippen MR) is 52.4 cm³/mol. The van der Waals surface area contributed by atoms with E-state index in [4.69, 9.17) is 10.00 Å². The highest BCUT2D eigenvalue weighted by atomic mass is 16.5. The van der Waals surface area contributed by atoms with Crippen molar-refractivity contribution in [3.05, 3.63) is 35.9 Å². The summed E-state index contributed by atoms with van der Waals surface area (Å²) in [5.41, 5.74) is 0.891. The summed E-state index contributed by atoms with van der Waals surface area (Å²) in [5.74, 6) is 0.164. The van der Waals surface area contributed by atoms with Crippen molar-refractivity contribution in [2.45, 2.75) is 6.92 Å². The molecule has 0 radical (unpaired) electrons. The van der Waals surface area contributed by atoms with Gasteiger partial charge in [0.2, 0.25) is 0 Å². The third kappa shape index (κ3) is 3.11. The molecule has 0 N–H and O–H groups in total. The van der Waals surface area contributed by atoms with Gasteiger partial charge in [0.25, 0.3) is 0 Å². The first-order valence-corrected chi connectivity index (χ1v) is 4.07. The summed E-state index contributed by atoms with van der Waals surface area (Å²) in [6.45, 7) is 1.35. The maximum atomic E-state index is 10.6. The van der Waals surface area contributed by atoms with Gasteiger partial charge in [0, 0.05) is 13.0 Å². The Hall–Kier alpha value is -2.08. The molecule has 3 nitrogen and oxygen atoms in total. The molecule has 70 valence electrons. The topological polar surface area (TPSA) is 50.1 Å². The van der Waals surface area contributed by atoms with Gasteiger partial charge < -0.3 is 4.74 Å². The van der Waals surface area contributed by atoms with E-state index < -0.39 is 0 Å². The van der Waals surface area contributed by atoms with Crippen LogP contribution in [0.4, 0.5) is 0 Å². The summed E-state index contributed by atoms with van der Waals surface area (Å²) >= 11 is 0. The summed E-state index contributed by atoms with van der Waals surface area (Å²) < 4.78 is 4.85. The number of carbonyl (C=O) groups is 1. The van der Waals surface area contributed by atoms with Crippen LogP contribution < -0.4 is 4.74 Å². The number of hydrogen-bond donors (Lipinski definition) is 0. The molecule has 0 bridgehead atoms. The Morgan fingerprint density at radius 3 is 2.57 bits per heavy atom. The average Bonchev–Trinajstić information content (AvgIpc) is 2.16. The van der Waals surface area contributed by atoms with Crippen molar-refractivity contribution in [3.63, 3.8) is 0 Å². The van der Waals surface area contributed by atoms with Gasteiger partial charge in [-0.1, -0.05) is 12.1 Å². The van der Waals surface area contributed by atoms with E-state index in [2.05, 4.69) is 0 Å². The minimum absolute atomic E-state index is 0.342. The van der Waals surface area contributed by atoms with Gasteiger partial charge in [0.1, 0.15) is 5.75 Å². The van der Waals surface area contributed by atoms with Crippen LogP contribution in [-0.4, -0.2) is 5.97 Å². The number of rotatable bonds is 2. The van der Waals surface area contributed by atoms with Crippen LogP contribution in [0, 0.1) is 11.3 Å². The molecule has 0 spiro atoms. The zero-order valence-electron chi connectivity index (χ0n) is 7.73. The fourth-order valence-corrected chi connectivity index (χ4v) is 0.946. The molecule has 0 amide bonds. The highest BCUT2D eigenvalue weighted by Gasteiger charge is 1.96. The zero-order valence-corrected chi connectivity index (χ0v) is 7.73. The van der Waals surface area contributed by atoms with E-state index in [0.717, 1.165) is 5.56 Å². The van der Waals surface area contributed by atoms with Crippen molar-refractivity contribution >= 4 is 12.0 Å². The number of allylic oxidation sites excluding steroid dienone is 1. The van der Waals surface area contributed by atoms with Crippen molar-refractivity contribution in [1.29, 1.82) is 5.26 Å². The van der Waals surface area contributed by atoms with Gasteiger partial charge in [-0.15, -0.1) is 0 Å². The van der Waals surface area contributed by atoms with Crippen molar-refractivity contribution < 1.29 is 9.53 Å². The SMILES string of the molecule is CC(=O)Oc1ccc(/C=C/C#N)cc1. The Bertz CT molecular complexity index is 385. The van der Waals surface area contributed by atoms with Crippen molar-refractivity contribution in [3.8, 4) is 11.8 Å². The van der Waals surface area contributed by atoms with Gasteiger partial charge >= 0.3 is 5.97 Å². The molecule has 14 heavy (non-hydrogen) atoms. The summed E-state index contributed by atoms with van der Waals surface area (Å²) in [5, 5.41) is 8.29. The Labute approximate surface area is 82.2 Å². The fraction of sp³-hybridized carbons (Fsp3) is 0.0909. The van der Waals surface area contributed by atoms with Gasteiger partial charge in [-0.25, -0.2) is 0 Å². The summed E-state index contributed by atoms with van der Waals surface area (Å²) in [7, 11) is 0. The number of benzene rings is 1. The molecule has 0 heterocycles. The normalized spacial score (nSPS) is 9.71. The first kappa shape index (κ1) is 10.0. The first-order chi connectivity index (χ1) is 6.72. The van der Waals surface area contributed by atoms with Crippen molar-refractivity contribution in [1.82, 2.24) is 0 Å². The lowest BCUT2D eigenvalue weighted by atomic mass is 10.2. The average molecular weight is 187 g/mol. The maximum absolute atomic E-state index is 10.6. The van der Waals surface area contributed by atoms with Crippen LogP contribution in [0.25, 0.3) is 6.08 Å². The van der Waals surface area contributed by atoms with Gasteiger partial charge in [-0.2, -0.15) is 5.26 Å². The monoisotopic (exact) mass is 187 g/mol. The van der Waals surface area contributed by atoms with Gasteiger partial charge in [-0.05, 0) is 23.8 Å². The number of carbonyl (C=O) groups excluding carboxylic acids is 1. The van der Waals surface area contributed by atoms with E-state index in [-0.39, 0.29) is 5.97 Å². The predicted octanol–water partition coefficient (Wildman–Crippen LogP) is 2.15. The quantitative estimate of drug-likeness (QED) is 0.405. The number of ether oxygens (including phenoxy) is 1. The minimum atomic E-state index is -0.342. The standard InChI is InChI=1S/C11H9NO2/c1-9(13)14-11-6-4-10(5-7-11)3-2-8-12/h2-7H,1H3/b3-2+. The van der Waals surface area contributed by atoms with Gasteiger partial charge in [-0.3, -0.25) is 4.79 Å². The molecule has 0 saturated heterocycles. The van der Waals surface area contributed by atoms with Gasteiger partial charge in [0.05, 0.1) is 6.07 Å². The second-order valence-corrected chi connectivity index (χ2v) is 2.63. The molecule has 0 aliphatic rings. The fourth-order valence-electron chi connectivity index (χ4n) is 0.946. The molecule has 0 saturated carbocycles. The molecular weight excluding hydrogens is 178 g/mol. The third-order valence-electron chi connectivity index (χ3n) is 1.49. The minimum Gasteiger partial charge on any atom is -0.427 e. The van der Waals surface area contributed by atoms with Crippen LogP contribution in [0.1, 0.15) is 12.5 Å². The molecule has 1 aromatic rings. The second kappa shape index (κ2) is 4.83. The van der Waals surface area contributed by atoms with Crippen LogP contribution in [0.2, 0.25) is 0 Å². The van der Waals surface area contributed by atoms with Crippen molar-refractivity contribution in [2.24, 2.45) is 0 Å². The smallest absolute Gasteiger partial charge is 0.308 e. The van der Waals surface area contributed by atoms with Crippen molar-refractivity contribution in [2.75, 3.05) is 0 Å². The first-order valence-electron chi connectivity index (χ1n) is 4.07. The molecule has 1 aromatic carbocycles. The van der Waals surface area contributed by atoms with E-state index in [1.807, 2.05) is 6.07 Å². The number of nitrogens with zero attached hydrogens (tertiary/aromatic N) is 1. The maximum Gasteiger partial charge on any atom is 0.308 e. The summed E-state index contributed by atoms with van der Waals surface area (Å²) in [6, 6.07) is 8.80. The van der Waals surface area contributed by atoms with E-state index >= 15 is 0 Å². The van der Waals surface area contributed by atoms with Crippen LogP contribution in [0.15, 0.2) is 30.3 Å². The molecular formula is C11H9NO2. The number of hydrogen-bond acceptors (Lipinski definition) is 3. The highest BCUT2D eigenvalue weighted by molar-refractivity contribution is 5.69. The second-order valence-electron chi connectivity index (χ2n) is 2.63. The molecule has 0 aromatic heterocycles. The molecule has 0 fully saturated rings. The van der Waals surface area contributed by atoms with Crippen LogP contribution in [0.3, 0.4) is 0 Å². The lowest BCUT2D eigenvalue weighted by Crippen LogP contribution is -2.00. The largest absolute Gasteiger partial charge is 0.427 e. The van der Waals surface area contributed by atoms with E-state index in [0.29, 0.717) is 5.75 Å². The molecule has 0 unspecified atom stereocenters. The molecule has 3 heteroatoms. The highest BCUT2D eigenvalue weighted by Crippen LogP contribution is 2.13. The molecule has 1 rings (SSSR count). The Morgan fingerprint density at radius 1 is 1.43 bits per heavy atom. The Balaban J connectivity index is 2.74. The van der Waals surface area contributed by atoms with E-state index in [1.165, 1.54) is 13.0 Å². The zero-order chi connectivity index (χ0) is 10.4. The lowest BCUT2D eigenvalue weighted by Gasteiger charge is -2.00. The summed E-state index contributed by atoms with van der Waals surface area (Å²) in [6.07, 6.45) is 3.07. The van der Waals surface area contributed by atoms with Crippen LogP contribution in [0.5, 0.6) is 5.75 Å². The Morgan fingerprint density at radius 2 is 2.07 bits per heavy atom. The van der Waals surface area contributed by atoms with E-state index in [9.17, 15) is 4.79 Å². The number of esters is 1. The lowest BCUT2D eigenvalue weighted by molar-refractivity contribution is -0.131. The Kier molecular flexibility index (Phi) is 3.45. The molecule has 0 aliphatic heterocycles. The number of nitriles is 1. The summed E-state index contributed by atoms with van der Waals surface area (Å²) in [4.78, 5) is 10.6. The van der Waals surface area contributed by atoms with Crippen LogP contribution >= 0.6 is 0 Å². The molecule has 0 aliphatic carbocycles. The molecule has 0 atom stereocenters. The van der Waals surface area contributed by atoms with Crippen LogP contribution in [-0.2, 0) is 4.79 Å². The van der Waals surface area contributed by atoms with E-state index in [1.54, 1.807) is 30.3 Å².